The van der Waals surface area contributed by atoms with Crippen LogP contribution in [-0.2, 0) is 9.59 Å². The molecule has 2 aliphatic rings. The predicted molar refractivity (Wildman–Crippen MR) is 100 cm³/mol. The minimum absolute atomic E-state index is 0.112. The molecule has 0 bridgehead atoms. The average molecular weight is 358 g/mol. The number of piperidine rings is 1. The maximum absolute atomic E-state index is 12.6. The first-order chi connectivity index (χ1) is 12.5. The van der Waals surface area contributed by atoms with Crippen molar-refractivity contribution in [3.8, 4) is 0 Å². The summed E-state index contributed by atoms with van der Waals surface area (Å²) < 4.78 is 0. The van der Waals surface area contributed by atoms with E-state index in [1.54, 1.807) is 12.1 Å². The molecule has 0 saturated carbocycles. The third-order valence-corrected chi connectivity index (χ3v) is 5.07. The van der Waals surface area contributed by atoms with Crippen LogP contribution in [0, 0.1) is 0 Å². The van der Waals surface area contributed by atoms with Crippen LogP contribution >= 0.6 is 0 Å². The third-order valence-electron chi connectivity index (χ3n) is 5.07. The smallest absolute Gasteiger partial charge is 0.328 e. The molecule has 1 aromatic carbocycles. The van der Waals surface area contributed by atoms with Gasteiger partial charge in [-0.25, -0.2) is 4.79 Å². The van der Waals surface area contributed by atoms with E-state index in [0.29, 0.717) is 11.7 Å². The Hall–Kier alpha value is -2.41. The summed E-state index contributed by atoms with van der Waals surface area (Å²) in [6.07, 6.45) is 1.92. The summed E-state index contributed by atoms with van der Waals surface area (Å²) in [4.78, 5) is 26.6. The van der Waals surface area contributed by atoms with E-state index in [1.807, 2.05) is 18.2 Å². The van der Waals surface area contributed by atoms with Crippen molar-refractivity contribution in [2.24, 2.45) is 5.10 Å². The highest BCUT2D eigenvalue weighted by Gasteiger charge is 2.36. The number of nitrogens with one attached hydrogen (secondary N) is 1. The van der Waals surface area contributed by atoms with Gasteiger partial charge in [-0.3, -0.25) is 9.80 Å². The molecule has 2 heterocycles. The Balaban J connectivity index is 1.65. The highest BCUT2D eigenvalue weighted by atomic mass is 16.4. The van der Waals surface area contributed by atoms with Gasteiger partial charge in [0.2, 0.25) is 0 Å². The molecule has 1 saturated heterocycles. The molecule has 1 unspecified atom stereocenters. The zero-order valence-corrected chi connectivity index (χ0v) is 15.3. The van der Waals surface area contributed by atoms with E-state index in [1.165, 1.54) is 5.01 Å². The van der Waals surface area contributed by atoms with Gasteiger partial charge in [-0.15, -0.1) is 0 Å². The maximum Gasteiger partial charge on any atom is 0.328 e. The monoisotopic (exact) mass is 358 g/mol. The molecular weight excluding hydrogens is 332 g/mol. The van der Waals surface area contributed by atoms with E-state index in [9.17, 15) is 14.7 Å². The molecule has 0 spiro atoms. The number of nitrogens with zero attached hydrogens (tertiary/aromatic N) is 3. The number of hydrogen-bond acceptors (Lipinski definition) is 5. The van der Waals surface area contributed by atoms with Crippen molar-refractivity contribution in [3.63, 3.8) is 0 Å². The molecule has 3 rings (SSSR count). The van der Waals surface area contributed by atoms with Crippen LogP contribution in [0.4, 0.5) is 5.69 Å². The predicted octanol–water partition coefficient (Wildman–Crippen LogP) is 1.69. The zero-order chi connectivity index (χ0) is 18.7. The van der Waals surface area contributed by atoms with Gasteiger partial charge >= 0.3 is 5.97 Å². The first kappa shape index (κ1) is 18.4. The number of carbonyl (C=O) groups is 2. The van der Waals surface area contributed by atoms with Gasteiger partial charge in [0.05, 0.1) is 5.69 Å². The number of aliphatic carboxylic acids is 1. The Morgan fingerprint density at radius 1 is 1.19 bits per heavy atom. The van der Waals surface area contributed by atoms with Crippen molar-refractivity contribution in [3.05, 3.63) is 30.3 Å². The van der Waals surface area contributed by atoms with E-state index in [2.05, 4.69) is 29.2 Å². The SMILES string of the molecule is CC(C)N1CCC(NC(=O)C2=NN(c3ccccc3)C(C(=O)O)C2)CC1. The molecule has 26 heavy (non-hydrogen) atoms. The molecule has 1 fully saturated rings. The van der Waals surface area contributed by atoms with Gasteiger partial charge in [0.15, 0.2) is 6.04 Å². The molecular formula is C19H26N4O3. The second-order valence-electron chi connectivity index (χ2n) is 7.16. The second kappa shape index (κ2) is 7.86. The number of para-hydroxylation sites is 1. The van der Waals surface area contributed by atoms with Crippen LogP contribution in [0.5, 0.6) is 0 Å². The fraction of sp³-hybridized carbons (Fsp3) is 0.526. The van der Waals surface area contributed by atoms with E-state index in [4.69, 9.17) is 0 Å². The third kappa shape index (κ3) is 4.04. The molecule has 1 aromatic rings. The number of carboxylic acid groups (broad SMARTS) is 1. The van der Waals surface area contributed by atoms with E-state index in [-0.39, 0.29) is 24.1 Å². The second-order valence-corrected chi connectivity index (χ2v) is 7.16. The van der Waals surface area contributed by atoms with Crippen LogP contribution in [0.15, 0.2) is 35.4 Å². The summed E-state index contributed by atoms with van der Waals surface area (Å²) in [5, 5.41) is 18.3. The molecule has 0 aromatic heterocycles. The number of anilines is 1. The van der Waals surface area contributed by atoms with Crippen LogP contribution in [0.25, 0.3) is 0 Å². The van der Waals surface area contributed by atoms with Crippen molar-refractivity contribution >= 4 is 23.3 Å². The highest BCUT2D eigenvalue weighted by molar-refractivity contribution is 6.40. The number of benzene rings is 1. The molecule has 2 aliphatic heterocycles. The fourth-order valence-corrected chi connectivity index (χ4v) is 3.49. The van der Waals surface area contributed by atoms with Crippen molar-refractivity contribution in [2.75, 3.05) is 18.1 Å². The van der Waals surface area contributed by atoms with Gasteiger partial charge in [-0.1, -0.05) is 18.2 Å². The minimum Gasteiger partial charge on any atom is -0.480 e. The van der Waals surface area contributed by atoms with Gasteiger partial charge in [0.25, 0.3) is 5.91 Å². The lowest BCUT2D eigenvalue weighted by atomic mass is 10.0. The Bertz CT molecular complexity index is 681. The normalized spacial score (nSPS) is 21.7. The molecule has 0 aliphatic carbocycles. The van der Waals surface area contributed by atoms with E-state index < -0.39 is 12.0 Å². The molecule has 7 nitrogen and oxygen atoms in total. The van der Waals surface area contributed by atoms with E-state index >= 15 is 0 Å². The summed E-state index contributed by atoms with van der Waals surface area (Å²) in [5.74, 6) is -1.23. The first-order valence-electron chi connectivity index (χ1n) is 9.15. The number of rotatable bonds is 5. The Morgan fingerprint density at radius 3 is 2.42 bits per heavy atom. The summed E-state index contributed by atoms with van der Waals surface area (Å²) >= 11 is 0. The number of amides is 1. The zero-order valence-electron chi connectivity index (χ0n) is 15.3. The molecule has 7 heteroatoms. The highest BCUT2D eigenvalue weighted by Crippen LogP contribution is 2.25. The maximum atomic E-state index is 12.6. The van der Waals surface area contributed by atoms with Gasteiger partial charge in [0, 0.05) is 31.6 Å². The molecule has 1 atom stereocenters. The van der Waals surface area contributed by atoms with Gasteiger partial charge in [0.1, 0.15) is 5.71 Å². The summed E-state index contributed by atoms with van der Waals surface area (Å²) in [6.45, 7) is 6.28. The minimum atomic E-state index is -0.981. The van der Waals surface area contributed by atoms with Gasteiger partial charge in [-0.05, 0) is 38.8 Å². The number of hydrogen-bond donors (Lipinski definition) is 2. The van der Waals surface area contributed by atoms with E-state index in [0.717, 1.165) is 25.9 Å². The van der Waals surface area contributed by atoms with Crippen LogP contribution in [0.1, 0.15) is 33.1 Å². The van der Waals surface area contributed by atoms with Gasteiger partial charge in [-0.2, -0.15) is 5.10 Å². The number of hydrazone groups is 1. The summed E-state index contributed by atoms with van der Waals surface area (Å²) in [6, 6.07) is 8.88. The molecule has 0 radical (unpaired) electrons. The van der Waals surface area contributed by atoms with Crippen molar-refractivity contribution in [1.82, 2.24) is 10.2 Å². The average Bonchev–Trinajstić information content (AvgIpc) is 3.09. The van der Waals surface area contributed by atoms with Crippen LogP contribution < -0.4 is 10.3 Å². The lowest BCUT2D eigenvalue weighted by Gasteiger charge is -2.34. The Morgan fingerprint density at radius 2 is 1.85 bits per heavy atom. The quantitative estimate of drug-likeness (QED) is 0.837. The Labute approximate surface area is 153 Å². The number of carboxylic acids is 1. The molecule has 1 amide bonds. The Kier molecular flexibility index (Phi) is 5.56. The summed E-state index contributed by atoms with van der Waals surface area (Å²) in [5.41, 5.74) is 0.959. The number of carbonyl (C=O) groups excluding carboxylic acids is 1. The topological polar surface area (TPSA) is 85.2 Å². The lowest BCUT2D eigenvalue weighted by Crippen LogP contribution is -2.48. The van der Waals surface area contributed by atoms with Crippen LogP contribution in [0.3, 0.4) is 0 Å². The summed E-state index contributed by atoms with van der Waals surface area (Å²) in [7, 11) is 0. The largest absolute Gasteiger partial charge is 0.480 e. The van der Waals surface area contributed by atoms with Crippen LogP contribution in [-0.4, -0.2) is 58.8 Å². The van der Waals surface area contributed by atoms with Crippen molar-refractivity contribution < 1.29 is 14.7 Å². The van der Waals surface area contributed by atoms with Crippen molar-refractivity contribution in [1.29, 1.82) is 0 Å². The lowest BCUT2D eigenvalue weighted by molar-refractivity contribution is -0.138. The molecule has 2 N–H and O–H groups in total. The van der Waals surface area contributed by atoms with Crippen molar-refractivity contribution in [2.45, 2.75) is 51.2 Å². The number of likely N-dealkylation sites (tertiary alicyclic amines) is 1. The molecule has 140 valence electrons. The van der Waals surface area contributed by atoms with Crippen LogP contribution in [0.2, 0.25) is 0 Å². The standard InChI is InChI=1S/C19H26N4O3/c1-13(2)22-10-8-14(9-11-22)20-18(24)16-12-17(19(25)26)23(21-16)15-6-4-3-5-7-15/h3-7,13-14,17H,8-12H2,1-2H3,(H,20,24)(H,25,26). The first-order valence-corrected chi connectivity index (χ1v) is 9.15. The van der Waals surface area contributed by atoms with Gasteiger partial charge < -0.3 is 15.3 Å². The fourth-order valence-electron chi connectivity index (χ4n) is 3.49.